The Morgan fingerprint density at radius 3 is 2.50 bits per heavy atom. The van der Waals surface area contributed by atoms with E-state index in [1.807, 2.05) is 18.7 Å². The third-order valence-corrected chi connectivity index (χ3v) is 4.07. The maximum absolute atomic E-state index is 12.3. The highest BCUT2D eigenvalue weighted by Gasteiger charge is 2.24. The number of hydrogen-bond acceptors (Lipinski definition) is 5. The molecule has 0 atom stereocenters. The van der Waals surface area contributed by atoms with Crippen molar-refractivity contribution >= 4 is 17.2 Å². The highest BCUT2D eigenvalue weighted by molar-refractivity contribution is 7.11. The Bertz CT molecular complexity index is 425. The Labute approximate surface area is 111 Å². The van der Waals surface area contributed by atoms with E-state index < -0.39 is 0 Å². The standard InChI is InChI=1S/C12H19N3O2S/c1-9-11(13-10(2)18-9)12(17)15-5-3-14(4-6-15)7-8-16/h16H,3-8H2,1-2H3. The first-order chi connectivity index (χ1) is 8.61. The van der Waals surface area contributed by atoms with Crippen LogP contribution in [0.25, 0.3) is 0 Å². The molecule has 1 aromatic rings. The monoisotopic (exact) mass is 269 g/mol. The van der Waals surface area contributed by atoms with E-state index in [0.29, 0.717) is 12.2 Å². The average molecular weight is 269 g/mol. The topological polar surface area (TPSA) is 56.7 Å². The maximum atomic E-state index is 12.3. The van der Waals surface area contributed by atoms with Crippen LogP contribution in [-0.4, -0.2) is 65.1 Å². The predicted molar refractivity (Wildman–Crippen MR) is 71.0 cm³/mol. The average Bonchev–Trinajstić information content (AvgIpc) is 2.69. The Morgan fingerprint density at radius 2 is 2.00 bits per heavy atom. The smallest absolute Gasteiger partial charge is 0.273 e. The summed E-state index contributed by atoms with van der Waals surface area (Å²) in [7, 11) is 0. The molecule has 1 aromatic heterocycles. The normalized spacial score (nSPS) is 17.2. The molecule has 1 fully saturated rings. The first kappa shape index (κ1) is 13.5. The van der Waals surface area contributed by atoms with Crippen LogP contribution in [0, 0.1) is 13.8 Å². The van der Waals surface area contributed by atoms with Crippen molar-refractivity contribution in [1.82, 2.24) is 14.8 Å². The van der Waals surface area contributed by atoms with Gasteiger partial charge in [-0.25, -0.2) is 4.98 Å². The molecular formula is C12H19N3O2S. The summed E-state index contributed by atoms with van der Waals surface area (Å²) in [6.45, 7) is 7.83. The fraction of sp³-hybridized carbons (Fsp3) is 0.667. The predicted octanol–water partition coefficient (Wildman–Crippen LogP) is 0.510. The van der Waals surface area contributed by atoms with Crippen LogP contribution in [-0.2, 0) is 0 Å². The van der Waals surface area contributed by atoms with Gasteiger partial charge in [-0.3, -0.25) is 9.69 Å². The summed E-state index contributed by atoms with van der Waals surface area (Å²) in [6, 6.07) is 0. The third-order valence-electron chi connectivity index (χ3n) is 3.18. The number of thiazole rings is 1. The van der Waals surface area contributed by atoms with E-state index in [4.69, 9.17) is 5.11 Å². The number of aromatic nitrogens is 1. The molecule has 1 N–H and O–H groups in total. The Morgan fingerprint density at radius 1 is 1.33 bits per heavy atom. The van der Waals surface area contributed by atoms with Crippen LogP contribution in [0.3, 0.4) is 0 Å². The molecule has 6 heteroatoms. The molecule has 0 saturated carbocycles. The molecule has 100 valence electrons. The third kappa shape index (κ3) is 2.88. The number of rotatable bonds is 3. The lowest BCUT2D eigenvalue weighted by Crippen LogP contribution is -2.49. The van der Waals surface area contributed by atoms with Gasteiger partial charge in [0, 0.05) is 37.6 Å². The van der Waals surface area contributed by atoms with Crippen LogP contribution in [0.4, 0.5) is 0 Å². The van der Waals surface area contributed by atoms with Gasteiger partial charge in [0.05, 0.1) is 11.6 Å². The van der Waals surface area contributed by atoms with Crippen molar-refractivity contribution in [3.8, 4) is 0 Å². The number of nitrogens with zero attached hydrogens (tertiary/aromatic N) is 3. The van der Waals surface area contributed by atoms with Gasteiger partial charge in [0.25, 0.3) is 5.91 Å². The lowest BCUT2D eigenvalue weighted by molar-refractivity contribution is 0.0609. The number of aliphatic hydroxyl groups excluding tert-OH is 1. The summed E-state index contributed by atoms with van der Waals surface area (Å²) in [4.78, 5) is 21.6. The lowest BCUT2D eigenvalue weighted by atomic mass is 10.2. The van der Waals surface area contributed by atoms with Crippen molar-refractivity contribution in [1.29, 1.82) is 0 Å². The number of β-amino-alcohol motifs (C(OH)–C–C–N with tert-alkyl or cyclic N) is 1. The molecule has 1 amide bonds. The molecule has 1 saturated heterocycles. The fourth-order valence-electron chi connectivity index (χ4n) is 2.19. The minimum absolute atomic E-state index is 0.0421. The van der Waals surface area contributed by atoms with E-state index in [0.717, 1.165) is 36.1 Å². The number of piperazine rings is 1. The fourth-order valence-corrected chi connectivity index (χ4v) is 3.00. The number of hydrogen-bond donors (Lipinski definition) is 1. The maximum Gasteiger partial charge on any atom is 0.273 e. The van der Waals surface area contributed by atoms with Crippen LogP contribution in [0.2, 0.25) is 0 Å². The zero-order valence-electron chi connectivity index (χ0n) is 10.8. The molecule has 18 heavy (non-hydrogen) atoms. The van der Waals surface area contributed by atoms with Gasteiger partial charge in [-0.1, -0.05) is 0 Å². The summed E-state index contributed by atoms with van der Waals surface area (Å²) in [5, 5.41) is 9.82. The largest absolute Gasteiger partial charge is 0.395 e. The van der Waals surface area contributed by atoms with Gasteiger partial charge in [-0.15, -0.1) is 11.3 Å². The molecule has 5 nitrogen and oxygen atoms in total. The van der Waals surface area contributed by atoms with E-state index in [-0.39, 0.29) is 12.5 Å². The summed E-state index contributed by atoms with van der Waals surface area (Å²) < 4.78 is 0. The second-order valence-electron chi connectivity index (χ2n) is 4.50. The number of aliphatic hydroxyl groups is 1. The molecule has 0 radical (unpaired) electrons. The van der Waals surface area contributed by atoms with Crippen molar-refractivity contribution in [2.24, 2.45) is 0 Å². The second-order valence-corrected chi connectivity index (χ2v) is 5.90. The Kier molecular flexibility index (Phi) is 4.31. The zero-order valence-corrected chi connectivity index (χ0v) is 11.7. The second kappa shape index (κ2) is 5.77. The van der Waals surface area contributed by atoms with Gasteiger partial charge < -0.3 is 10.0 Å². The van der Waals surface area contributed by atoms with E-state index in [2.05, 4.69) is 9.88 Å². The zero-order chi connectivity index (χ0) is 13.1. The molecule has 1 aliphatic rings. The molecule has 0 spiro atoms. The molecule has 1 aliphatic heterocycles. The molecule has 2 rings (SSSR count). The number of carbonyl (C=O) groups is 1. The van der Waals surface area contributed by atoms with Gasteiger partial charge in [-0.2, -0.15) is 0 Å². The Balaban J connectivity index is 1.97. The van der Waals surface area contributed by atoms with Gasteiger partial charge in [0.2, 0.25) is 0 Å². The van der Waals surface area contributed by atoms with Gasteiger partial charge in [-0.05, 0) is 13.8 Å². The SMILES string of the molecule is Cc1nc(C(=O)N2CCN(CCO)CC2)c(C)s1. The van der Waals surface area contributed by atoms with Crippen molar-refractivity contribution in [2.45, 2.75) is 13.8 Å². The molecular weight excluding hydrogens is 250 g/mol. The van der Waals surface area contributed by atoms with Gasteiger partial charge in [0.1, 0.15) is 5.69 Å². The molecule has 0 unspecified atom stereocenters. The van der Waals surface area contributed by atoms with Crippen molar-refractivity contribution in [3.63, 3.8) is 0 Å². The minimum Gasteiger partial charge on any atom is -0.395 e. The Hall–Kier alpha value is -0.980. The highest BCUT2D eigenvalue weighted by Crippen LogP contribution is 2.18. The van der Waals surface area contributed by atoms with Crippen LogP contribution in [0.15, 0.2) is 0 Å². The van der Waals surface area contributed by atoms with Crippen molar-refractivity contribution in [2.75, 3.05) is 39.3 Å². The molecule has 2 heterocycles. The first-order valence-corrected chi connectivity index (χ1v) is 7.00. The highest BCUT2D eigenvalue weighted by atomic mass is 32.1. The lowest BCUT2D eigenvalue weighted by Gasteiger charge is -2.34. The van der Waals surface area contributed by atoms with Gasteiger partial charge in [0.15, 0.2) is 0 Å². The van der Waals surface area contributed by atoms with Crippen molar-refractivity contribution < 1.29 is 9.90 Å². The van der Waals surface area contributed by atoms with Crippen LogP contribution in [0.5, 0.6) is 0 Å². The molecule has 0 aromatic carbocycles. The number of aryl methyl sites for hydroxylation is 2. The van der Waals surface area contributed by atoms with Crippen LogP contribution < -0.4 is 0 Å². The number of amides is 1. The summed E-state index contributed by atoms with van der Waals surface area (Å²) in [6.07, 6.45) is 0. The van der Waals surface area contributed by atoms with Crippen LogP contribution >= 0.6 is 11.3 Å². The van der Waals surface area contributed by atoms with E-state index in [1.165, 1.54) is 0 Å². The van der Waals surface area contributed by atoms with Crippen LogP contribution in [0.1, 0.15) is 20.4 Å². The summed E-state index contributed by atoms with van der Waals surface area (Å²) in [5.41, 5.74) is 0.605. The van der Waals surface area contributed by atoms with Gasteiger partial charge >= 0.3 is 0 Å². The summed E-state index contributed by atoms with van der Waals surface area (Å²) >= 11 is 1.57. The van der Waals surface area contributed by atoms with E-state index >= 15 is 0 Å². The van der Waals surface area contributed by atoms with E-state index in [9.17, 15) is 4.79 Å². The van der Waals surface area contributed by atoms with Crippen molar-refractivity contribution in [3.05, 3.63) is 15.6 Å². The van der Waals surface area contributed by atoms with E-state index in [1.54, 1.807) is 11.3 Å². The first-order valence-electron chi connectivity index (χ1n) is 6.18. The molecule has 0 bridgehead atoms. The minimum atomic E-state index is 0.0421. The summed E-state index contributed by atoms with van der Waals surface area (Å²) in [5.74, 6) is 0.0421. The number of carbonyl (C=O) groups excluding carboxylic acids is 1. The quantitative estimate of drug-likeness (QED) is 0.868. The molecule has 0 aliphatic carbocycles.